The van der Waals surface area contributed by atoms with Crippen molar-refractivity contribution < 1.29 is 14.6 Å². The Hall–Kier alpha value is -0.650. The first-order valence-corrected chi connectivity index (χ1v) is 6.48. The lowest BCUT2D eigenvalue weighted by atomic mass is 10.2. The molecule has 5 nitrogen and oxygen atoms in total. The van der Waals surface area contributed by atoms with Crippen molar-refractivity contribution in [1.82, 2.24) is 9.80 Å². The van der Waals surface area contributed by atoms with Gasteiger partial charge < -0.3 is 14.7 Å². The number of hydrogen-bond acceptors (Lipinski definition) is 4. The van der Waals surface area contributed by atoms with Crippen LogP contribution < -0.4 is 0 Å². The predicted molar refractivity (Wildman–Crippen MR) is 63.7 cm³/mol. The number of likely N-dealkylation sites (N-methyl/N-ethyl adjacent to an activating group) is 1. The van der Waals surface area contributed by atoms with Gasteiger partial charge in [-0.1, -0.05) is 0 Å². The minimum Gasteiger partial charge on any atom is -0.395 e. The van der Waals surface area contributed by atoms with E-state index in [1.54, 1.807) is 0 Å². The number of morpholine rings is 1. The Morgan fingerprint density at radius 3 is 2.88 bits per heavy atom. The van der Waals surface area contributed by atoms with Gasteiger partial charge in [0.05, 0.1) is 32.4 Å². The Morgan fingerprint density at radius 2 is 2.29 bits per heavy atom. The molecule has 0 spiro atoms. The molecule has 0 bridgehead atoms. The zero-order valence-electron chi connectivity index (χ0n) is 10.5. The number of carbonyl (C=O) groups is 1. The summed E-state index contributed by atoms with van der Waals surface area (Å²) in [4.78, 5) is 16.1. The van der Waals surface area contributed by atoms with Crippen LogP contribution in [0, 0.1) is 0 Å². The highest BCUT2D eigenvalue weighted by molar-refractivity contribution is 5.79. The van der Waals surface area contributed by atoms with Crippen LogP contribution >= 0.6 is 0 Å². The summed E-state index contributed by atoms with van der Waals surface area (Å²) in [7, 11) is 0. The molecule has 1 aliphatic heterocycles. The molecule has 0 aromatic heterocycles. The van der Waals surface area contributed by atoms with E-state index in [2.05, 4.69) is 0 Å². The average Bonchev–Trinajstić information content (AvgIpc) is 3.15. The highest BCUT2D eigenvalue weighted by atomic mass is 16.5. The third kappa shape index (κ3) is 3.18. The molecule has 17 heavy (non-hydrogen) atoms. The van der Waals surface area contributed by atoms with E-state index in [0.717, 1.165) is 25.9 Å². The van der Waals surface area contributed by atoms with Crippen LogP contribution in [-0.4, -0.2) is 72.4 Å². The highest BCUT2D eigenvalue weighted by Gasteiger charge is 2.33. The Kier molecular flexibility index (Phi) is 4.36. The molecular formula is C12H22N2O3. The van der Waals surface area contributed by atoms with Crippen LogP contribution in [0.4, 0.5) is 0 Å². The van der Waals surface area contributed by atoms with Crippen molar-refractivity contribution >= 4 is 5.91 Å². The van der Waals surface area contributed by atoms with Crippen molar-refractivity contribution in [2.45, 2.75) is 31.8 Å². The van der Waals surface area contributed by atoms with Gasteiger partial charge in [-0.15, -0.1) is 0 Å². The third-order valence-corrected chi connectivity index (χ3v) is 3.55. The monoisotopic (exact) mass is 242 g/mol. The molecule has 2 aliphatic rings. The molecule has 0 aromatic rings. The number of carbonyl (C=O) groups excluding carboxylic acids is 1. The Labute approximate surface area is 102 Å². The number of amides is 1. The molecule has 1 heterocycles. The molecule has 1 N–H and O–H groups in total. The van der Waals surface area contributed by atoms with Gasteiger partial charge in [-0.05, 0) is 19.8 Å². The van der Waals surface area contributed by atoms with E-state index in [1.165, 1.54) is 0 Å². The van der Waals surface area contributed by atoms with Crippen LogP contribution in [0.15, 0.2) is 0 Å². The van der Waals surface area contributed by atoms with E-state index in [1.807, 2.05) is 16.7 Å². The van der Waals surface area contributed by atoms with E-state index in [9.17, 15) is 9.90 Å². The molecule has 0 aromatic carbocycles. The second kappa shape index (κ2) is 5.80. The number of aliphatic hydroxyl groups excluding tert-OH is 1. The Balaban J connectivity index is 1.87. The summed E-state index contributed by atoms with van der Waals surface area (Å²) >= 11 is 0. The van der Waals surface area contributed by atoms with Crippen LogP contribution in [0.2, 0.25) is 0 Å². The summed E-state index contributed by atoms with van der Waals surface area (Å²) in [5, 5.41) is 9.25. The first kappa shape index (κ1) is 12.8. The fraction of sp³-hybridized carbons (Fsp3) is 0.917. The molecular weight excluding hydrogens is 220 g/mol. The van der Waals surface area contributed by atoms with Gasteiger partial charge in [0.1, 0.15) is 0 Å². The third-order valence-electron chi connectivity index (χ3n) is 3.55. The minimum atomic E-state index is -0.0226. The number of nitrogens with zero attached hydrogens (tertiary/aromatic N) is 2. The molecule has 1 saturated carbocycles. The summed E-state index contributed by atoms with van der Waals surface area (Å²) in [5.41, 5.74) is 0. The molecule has 1 atom stereocenters. The maximum atomic E-state index is 12.1. The van der Waals surface area contributed by atoms with E-state index in [0.29, 0.717) is 25.8 Å². The molecule has 2 rings (SSSR count). The molecule has 1 aliphatic carbocycles. The van der Waals surface area contributed by atoms with Crippen molar-refractivity contribution in [3.63, 3.8) is 0 Å². The van der Waals surface area contributed by atoms with Crippen LogP contribution in [0.3, 0.4) is 0 Å². The normalized spacial score (nSPS) is 25.9. The molecule has 2 fully saturated rings. The van der Waals surface area contributed by atoms with Crippen molar-refractivity contribution in [3.8, 4) is 0 Å². The Bertz CT molecular complexity index is 268. The summed E-state index contributed by atoms with van der Waals surface area (Å²) in [6.07, 6.45) is 2.29. The van der Waals surface area contributed by atoms with E-state index in [4.69, 9.17) is 4.74 Å². The van der Waals surface area contributed by atoms with Crippen LogP contribution in [-0.2, 0) is 9.53 Å². The van der Waals surface area contributed by atoms with Crippen molar-refractivity contribution in [3.05, 3.63) is 0 Å². The summed E-state index contributed by atoms with van der Waals surface area (Å²) in [5.74, 6) is 0.190. The average molecular weight is 242 g/mol. The predicted octanol–water partition coefficient (Wildman–Crippen LogP) is -0.310. The van der Waals surface area contributed by atoms with Crippen LogP contribution in [0.25, 0.3) is 0 Å². The fourth-order valence-corrected chi connectivity index (χ4v) is 2.35. The van der Waals surface area contributed by atoms with Gasteiger partial charge in [0.25, 0.3) is 0 Å². The highest BCUT2D eigenvalue weighted by Crippen LogP contribution is 2.26. The maximum Gasteiger partial charge on any atom is 0.237 e. The second-order valence-electron chi connectivity index (χ2n) is 4.79. The smallest absolute Gasteiger partial charge is 0.237 e. The molecule has 1 amide bonds. The Morgan fingerprint density at radius 1 is 1.53 bits per heavy atom. The minimum absolute atomic E-state index is 0.0226. The largest absolute Gasteiger partial charge is 0.395 e. The van der Waals surface area contributed by atoms with E-state index < -0.39 is 0 Å². The van der Waals surface area contributed by atoms with Crippen molar-refractivity contribution in [2.24, 2.45) is 0 Å². The fourth-order valence-electron chi connectivity index (χ4n) is 2.35. The molecule has 1 unspecified atom stereocenters. The van der Waals surface area contributed by atoms with E-state index in [-0.39, 0.29) is 18.6 Å². The quantitative estimate of drug-likeness (QED) is 0.718. The topological polar surface area (TPSA) is 53.0 Å². The number of ether oxygens (including phenoxy) is 1. The first-order chi connectivity index (χ1) is 8.26. The van der Waals surface area contributed by atoms with Gasteiger partial charge in [0, 0.05) is 19.1 Å². The summed E-state index contributed by atoms with van der Waals surface area (Å²) < 4.78 is 5.30. The molecule has 98 valence electrons. The SMILES string of the molecule is CCN(C(=O)CN1CCOCC1CO)C1CC1. The van der Waals surface area contributed by atoms with Crippen LogP contribution in [0.5, 0.6) is 0 Å². The first-order valence-electron chi connectivity index (χ1n) is 6.48. The molecule has 5 heteroatoms. The maximum absolute atomic E-state index is 12.1. The summed E-state index contributed by atoms with van der Waals surface area (Å²) in [6.45, 7) is 5.20. The molecule has 1 saturated heterocycles. The lowest BCUT2D eigenvalue weighted by Gasteiger charge is -2.35. The lowest BCUT2D eigenvalue weighted by molar-refractivity contribution is -0.135. The van der Waals surface area contributed by atoms with Gasteiger partial charge in [-0.3, -0.25) is 9.69 Å². The van der Waals surface area contributed by atoms with Gasteiger partial charge in [-0.2, -0.15) is 0 Å². The second-order valence-corrected chi connectivity index (χ2v) is 4.79. The van der Waals surface area contributed by atoms with Crippen molar-refractivity contribution in [1.29, 1.82) is 0 Å². The number of aliphatic hydroxyl groups is 1. The zero-order valence-corrected chi connectivity index (χ0v) is 10.5. The number of hydrogen-bond donors (Lipinski definition) is 1. The van der Waals surface area contributed by atoms with Gasteiger partial charge >= 0.3 is 0 Å². The molecule has 0 radical (unpaired) electrons. The van der Waals surface area contributed by atoms with Gasteiger partial charge in [0.15, 0.2) is 0 Å². The van der Waals surface area contributed by atoms with Crippen molar-refractivity contribution in [2.75, 3.05) is 39.5 Å². The number of rotatable bonds is 5. The van der Waals surface area contributed by atoms with Gasteiger partial charge in [0.2, 0.25) is 5.91 Å². The van der Waals surface area contributed by atoms with Gasteiger partial charge in [-0.25, -0.2) is 0 Å². The zero-order chi connectivity index (χ0) is 12.3. The lowest BCUT2D eigenvalue weighted by Crippen LogP contribution is -2.52. The standard InChI is InChI=1S/C12H22N2O3/c1-2-14(10-3-4-10)12(16)7-13-5-6-17-9-11(13)8-15/h10-11,15H,2-9H2,1H3. The summed E-state index contributed by atoms with van der Waals surface area (Å²) in [6, 6.07) is 0.451. The van der Waals surface area contributed by atoms with Crippen LogP contribution in [0.1, 0.15) is 19.8 Å². The van der Waals surface area contributed by atoms with E-state index >= 15 is 0 Å².